The molecule has 3 nitrogen and oxygen atoms in total. The molecule has 0 atom stereocenters. The van der Waals surface area contributed by atoms with E-state index < -0.39 is 0 Å². The standard InChI is InChI=1S/C17H20Cl2N2O/c1-17(2)3-5-21(6-4-17)10-16(22)15-9-12-13(19)7-11(18)8-14(12)20-15/h7-9,20H,3-6,10H2,1-2H3. The number of rotatable bonds is 3. The van der Waals surface area contributed by atoms with Gasteiger partial charge in [-0.2, -0.15) is 0 Å². The van der Waals surface area contributed by atoms with Crippen LogP contribution in [-0.4, -0.2) is 35.3 Å². The van der Waals surface area contributed by atoms with Gasteiger partial charge in [-0.3, -0.25) is 9.69 Å². The monoisotopic (exact) mass is 338 g/mol. The number of halogens is 2. The van der Waals surface area contributed by atoms with Gasteiger partial charge in [-0.05, 0) is 49.5 Å². The molecule has 0 aliphatic carbocycles. The van der Waals surface area contributed by atoms with Crippen molar-refractivity contribution in [2.75, 3.05) is 19.6 Å². The molecule has 1 aromatic carbocycles. The van der Waals surface area contributed by atoms with Crippen molar-refractivity contribution < 1.29 is 4.79 Å². The number of benzene rings is 1. The van der Waals surface area contributed by atoms with Gasteiger partial charge in [0, 0.05) is 15.9 Å². The third kappa shape index (κ3) is 3.32. The lowest BCUT2D eigenvalue weighted by Crippen LogP contribution is -2.40. The molecule has 1 aliphatic rings. The summed E-state index contributed by atoms with van der Waals surface area (Å²) in [6, 6.07) is 5.31. The van der Waals surface area contributed by atoms with Gasteiger partial charge in [0.25, 0.3) is 0 Å². The highest BCUT2D eigenvalue weighted by molar-refractivity contribution is 6.38. The molecule has 3 rings (SSSR count). The molecule has 0 unspecified atom stereocenters. The Hall–Kier alpha value is -1.03. The van der Waals surface area contributed by atoms with Crippen LogP contribution in [0, 0.1) is 5.41 Å². The van der Waals surface area contributed by atoms with Crippen molar-refractivity contribution >= 4 is 39.9 Å². The van der Waals surface area contributed by atoms with E-state index in [0.29, 0.717) is 27.7 Å². The van der Waals surface area contributed by atoms with Crippen LogP contribution in [0.15, 0.2) is 18.2 Å². The highest BCUT2D eigenvalue weighted by Crippen LogP contribution is 2.30. The first kappa shape index (κ1) is 15.9. The Balaban J connectivity index is 1.74. The number of carbonyl (C=O) groups excluding carboxylic acids is 1. The Morgan fingerprint density at radius 1 is 1.23 bits per heavy atom. The predicted molar refractivity (Wildman–Crippen MR) is 92.1 cm³/mol. The highest BCUT2D eigenvalue weighted by atomic mass is 35.5. The fourth-order valence-corrected chi connectivity index (χ4v) is 3.46. The minimum absolute atomic E-state index is 0.100. The number of fused-ring (bicyclic) bond motifs is 1. The number of nitrogens with zero attached hydrogens (tertiary/aromatic N) is 1. The van der Waals surface area contributed by atoms with Crippen molar-refractivity contribution in [2.24, 2.45) is 5.41 Å². The molecule has 22 heavy (non-hydrogen) atoms. The molecule has 1 fully saturated rings. The minimum atomic E-state index is 0.100. The van der Waals surface area contributed by atoms with Gasteiger partial charge >= 0.3 is 0 Å². The summed E-state index contributed by atoms with van der Waals surface area (Å²) in [6.45, 7) is 6.98. The number of likely N-dealkylation sites (tertiary alicyclic amines) is 1. The number of aromatic amines is 1. The fraction of sp³-hybridized carbons (Fsp3) is 0.471. The van der Waals surface area contributed by atoms with Gasteiger partial charge in [-0.1, -0.05) is 37.0 Å². The lowest BCUT2D eigenvalue weighted by atomic mass is 9.82. The molecule has 2 aromatic rings. The smallest absolute Gasteiger partial charge is 0.192 e. The van der Waals surface area contributed by atoms with Crippen LogP contribution in [0.2, 0.25) is 10.0 Å². The second-order valence-electron chi connectivity index (χ2n) is 6.90. The molecule has 5 heteroatoms. The molecule has 0 saturated carbocycles. The molecule has 2 heterocycles. The summed E-state index contributed by atoms with van der Waals surface area (Å²) in [5, 5.41) is 1.98. The third-order valence-corrected chi connectivity index (χ3v) is 5.06. The Kier molecular flexibility index (Phi) is 4.23. The van der Waals surface area contributed by atoms with E-state index in [9.17, 15) is 4.79 Å². The largest absolute Gasteiger partial charge is 0.352 e. The number of H-pyrrole nitrogens is 1. The maximum absolute atomic E-state index is 12.5. The van der Waals surface area contributed by atoms with E-state index in [1.165, 1.54) is 0 Å². The maximum Gasteiger partial charge on any atom is 0.192 e. The average Bonchev–Trinajstić information content (AvgIpc) is 2.85. The van der Waals surface area contributed by atoms with E-state index >= 15 is 0 Å². The van der Waals surface area contributed by atoms with Gasteiger partial charge in [0.05, 0.1) is 17.3 Å². The summed E-state index contributed by atoms with van der Waals surface area (Å²) in [5.41, 5.74) is 1.80. The fourth-order valence-electron chi connectivity index (χ4n) is 2.92. The highest BCUT2D eigenvalue weighted by Gasteiger charge is 2.26. The van der Waals surface area contributed by atoms with Gasteiger partial charge in [0.1, 0.15) is 0 Å². The van der Waals surface area contributed by atoms with E-state index in [4.69, 9.17) is 23.2 Å². The number of hydrogen-bond acceptors (Lipinski definition) is 2. The second-order valence-corrected chi connectivity index (χ2v) is 7.74. The van der Waals surface area contributed by atoms with Crippen LogP contribution in [0.1, 0.15) is 37.2 Å². The van der Waals surface area contributed by atoms with E-state index in [-0.39, 0.29) is 5.78 Å². The van der Waals surface area contributed by atoms with Crippen LogP contribution in [0.25, 0.3) is 10.9 Å². The first-order chi connectivity index (χ1) is 10.3. The van der Waals surface area contributed by atoms with Gasteiger partial charge in [0.2, 0.25) is 0 Å². The summed E-state index contributed by atoms with van der Waals surface area (Å²) in [7, 11) is 0. The van der Waals surface area contributed by atoms with Crippen LogP contribution in [0.3, 0.4) is 0 Å². The van der Waals surface area contributed by atoms with Gasteiger partial charge in [-0.15, -0.1) is 0 Å². The first-order valence-corrected chi connectivity index (χ1v) is 8.33. The van der Waals surface area contributed by atoms with Crippen molar-refractivity contribution in [1.82, 2.24) is 9.88 Å². The minimum Gasteiger partial charge on any atom is -0.352 e. The second kappa shape index (κ2) is 5.88. The zero-order valence-electron chi connectivity index (χ0n) is 12.9. The number of ketones is 1. The number of hydrogen-bond donors (Lipinski definition) is 1. The average molecular weight is 339 g/mol. The van der Waals surface area contributed by atoms with E-state index in [1.807, 2.05) is 6.07 Å². The summed E-state index contributed by atoms with van der Waals surface area (Å²) >= 11 is 12.2. The number of piperidine rings is 1. The van der Waals surface area contributed by atoms with Crippen molar-refractivity contribution in [3.05, 3.63) is 33.9 Å². The Morgan fingerprint density at radius 2 is 1.91 bits per heavy atom. The first-order valence-electron chi connectivity index (χ1n) is 7.57. The van der Waals surface area contributed by atoms with Crippen LogP contribution in [0.4, 0.5) is 0 Å². The summed E-state index contributed by atoms with van der Waals surface area (Å²) in [5.74, 6) is 0.100. The van der Waals surface area contributed by atoms with E-state index in [0.717, 1.165) is 36.8 Å². The van der Waals surface area contributed by atoms with Crippen molar-refractivity contribution in [1.29, 1.82) is 0 Å². The summed E-state index contributed by atoms with van der Waals surface area (Å²) in [6.07, 6.45) is 2.27. The van der Waals surface area contributed by atoms with Crippen LogP contribution in [0.5, 0.6) is 0 Å². The molecule has 1 aromatic heterocycles. The topological polar surface area (TPSA) is 36.1 Å². The van der Waals surface area contributed by atoms with Crippen LogP contribution >= 0.6 is 23.2 Å². The van der Waals surface area contributed by atoms with Crippen molar-refractivity contribution in [3.8, 4) is 0 Å². The van der Waals surface area contributed by atoms with Crippen LogP contribution < -0.4 is 0 Å². The number of nitrogens with one attached hydrogen (secondary N) is 1. The normalized spacial score (nSPS) is 18.7. The number of aromatic nitrogens is 1. The zero-order chi connectivity index (χ0) is 15.9. The molecule has 0 amide bonds. The lowest BCUT2D eigenvalue weighted by Gasteiger charge is -2.36. The van der Waals surface area contributed by atoms with Gasteiger partial charge in [-0.25, -0.2) is 0 Å². The third-order valence-electron chi connectivity index (χ3n) is 4.53. The predicted octanol–water partition coefficient (Wildman–Crippen LogP) is 4.78. The molecule has 1 N–H and O–H groups in total. The summed E-state index contributed by atoms with van der Waals surface area (Å²) < 4.78 is 0. The molecule has 118 valence electrons. The van der Waals surface area contributed by atoms with E-state index in [2.05, 4.69) is 23.7 Å². The molecule has 1 saturated heterocycles. The quantitative estimate of drug-likeness (QED) is 0.817. The molecule has 0 spiro atoms. The summed E-state index contributed by atoms with van der Waals surface area (Å²) in [4.78, 5) is 17.9. The lowest BCUT2D eigenvalue weighted by molar-refractivity contribution is 0.0841. The molecular formula is C17H20Cl2N2O. The Morgan fingerprint density at radius 3 is 2.59 bits per heavy atom. The molecular weight excluding hydrogens is 319 g/mol. The number of carbonyl (C=O) groups is 1. The molecule has 1 aliphatic heterocycles. The van der Waals surface area contributed by atoms with Gasteiger partial charge in [0.15, 0.2) is 5.78 Å². The SMILES string of the molecule is CC1(C)CCN(CC(=O)c2cc3c(Cl)cc(Cl)cc3[nH]2)CC1. The van der Waals surface area contributed by atoms with Gasteiger partial charge < -0.3 is 4.98 Å². The Labute approximate surface area is 140 Å². The zero-order valence-corrected chi connectivity index (χ0v) is 14.4. The van der Waals surface area contributed by atoms with Crippen molar-refractivity contribution in [2.45, 2.75) is 26.7 Å². The number of Topliss-reactive ketones (excluding diaryl/α,β-unsaturated/α-hetero) is 1. The molecule has 0 bridgehead atoms. The van der Waals surface area contributed by atoms with E-state index in [1.54, 1.807) is 12.1 Å². The Bertz CT molecular complexity index is 711. The maximum atomic E-state index is 12.5. The van der Waals surface area contributed by atoms with Crippen LogP contribution in [-0.2, 0) is 0 Å². The molecule has 0 radical (unpaired) electrons. The van der Waals surface area contributed by atoms with Crippen molar-refractivity contribution in [3.63, 3.8) is 0 Å².